The fourth-order valence-electron chi connectivity index (χ4n) is 9.71. The molecule has 0 unspecified atom stereocenters. The molecule has 5 aliphatic rings. The molecular weight excluding hydrogens is 708 g/mol. The second-order valence-electron chi connectivity index (χ2n) is 15.7. The summed E-state index contributed by atoms with van der Waals surface area (Å²) in [7, 11) is 1.87. The molecule has 9 rings (SSSR count). The van der Waals surface area contributed by atoms with Crippen LogP contribution in [0.5, 0.6) is 6.01 Å². The highest BCUT2D eigenvalue weighted by molar-refractivity contribution is 6.02. The molecule has 2 aromatic carbocycles. The number of hydrogen-bond donors (Lipinski definition) is 0. The fourth-order valence-corrected chi connectivity index (χ4v) is 9.71. The average Bonchev–Trinajstić information content (AvgIpc) is 3.95. The number of fused-ring (bicyclic) bond motifs is 5. The fraction of sp³-hybridized carbons (Fsp3) is 0.476. The van der Waals surface area contributed by atoms with Crippen molar-refractivity contribution < 1.29 is 27.4 Å². The van der Waals surface area contributed by atoms with Gasteiger partial charge < -0.3 is 19.3 Å². The molecule has 55 heavy (non-hydrogen) atoms. The Balaban J connectivity index is 1.03. The molecule has 5 fully saturated rings. The van der Waals surface area contributed by atoms with Gasteiger partial charge in [0.15, 0.2) is 5.82 Å². The normalized spacial score (nSPS) is 26.7. The Hall–Kier alpha value is -4.77. The smallest absolute Gasteiger partial charge is 0.319 e. The molecule has 4 aromatic rings. The van der Waals surface area contributed by atoms with Gasteiger partial charge in [-0.25, -0.2) is 13.2 Å². The number of ether oxygens (including phenoxy) is 2. The topological polar surface area (TPSA) is 87.2 Å². The maximum absolute atomic E-state index is 17.0. The molecule has 5 saturated heterocycles. The van der Waals surface area contributed by atoms with Gasteiger partial charge in [-0.05, 0) is 50.1 Å². The molecule has 1 amide bonds. The molecule has 0 spiro atoms. The molecule has 10 nitrogen and oxygen atoms in total. The van der Waals surface area contributed by atoms with Crippen LogP contribution in [0.4, 0.5) is 19.0 Å². The van der Waals surface area contributed by atoms with Crippen molar-refractivity contribution >= 4 is 33.4 Å². The minimum atomic E-state index is -0.940. The number of morpholine rings is 1. The number of carbonyl (C=O) groups excluding carboxylic acids is 1. The van der Waals surface area contributed by atoms with E-state index in [1.54, 1.807) is 30.3 Å². The van der Waals surface area contributed by atoms with Crippen molar-refractivity contribution in [2.45, 2.75) is 68.4 Å². The Morgan fingerprint density at radius 3 is 2.78 bits per heavy atom. The first-order valence-corrected chi connectivity index (χ1v) is 19.3. The van der Waals surface area contributed by atoms with Crippen molar-refractivity contribution in [2.75, 3.05) is 64.5 Å². The number of carbonyl (C=O) groups is 1. The number of aromatic nitrogens is 3. The van der Waals surface area contributed by atoms with Crippen LogP contribution in [0.25, 0.3) is 32.9 Å². The molecule has 2 bridgehead atoms. The third-order valence-electron chi connectivity index (χ3n) is 12.6. The van der Waals surface area contributed by atoms with E-state index in [0.717, 1.165) is 52.0 Å². The van der Waals surface area contributed by atoms with Gasteiger partial charge >= 0.3 is 6.01 Å². The lowest BCUT2D eigenvalue weighted by molar-refractivity contribution is -0.125. The van der Waals surface area contributed by atoms with Gasteiger partial charge in [-0.1, -0.05) is 36.3 Å². The van der Waals surface area contributed by atoms with E-state index in [4.69, 9.17) is 20.9 Å². The van der Waals surface area contributed by atoms with Gasteiger partial charge in [0.2, 0.25) is 5.91 Å². The molecular formula is C42H44F3N7O3. The van der Waals surface area contributed by atoms with Crippen molar-refractivity contribution in [2.24, 2.45) is 0 Å². The van der Waals surface area contributed by atoms with E-state index in [1.807, 2.05) is 22.9 Å². The quantitative estimate of drug-likeness (QED) is 0.162. The highest BCUT2D eigenvalue weighted by atomic mass is 19.1. The van der Waals surface area contributed by atoms with Crippen molar-refractivity contribution in [3.05, 3.63) is 65.9 Å². The summed E-state index contributed by atoms with van der Waals surface area (Å²) in [6.45, 7) is 4.55. The van der Waals surface area contributed by atoms with Gasteiger partial charge in [0.05, 0.1) is 29.7 Å². The minimum absolute atomic E-state index is 0.0194. The Kier molecular flexibility index (Phi) is 9.39. The number of pyridine rings is 1. The number of rotatable bonds is 9. The largest absolute Gasteiger partial charge is 0.461 e. The minimum Gasteiger partial charge on any atom is -0.461 e. The molecule has 7 heterocycles. The number of nitrogens with zero attached hydrogens (tertiary/aromatic N) is 7. The number of hydrogen-bond acceptors (Lipinski definition) is 9. The molecule has 13 heteroatoms. The predicted molar refractivity (Wildman–Crippen MR) is 204 cm³/mol. The summed E-state index contributed by atoms with van der Waals surface area (Å²) in [5.74, 6) is 1.47. The maximum Gasteiger partial charge on any atom is 0.319 e. The maximum atomic E-state index is 17.0. The third kappa shape index (κ3) is 6.38. The highest BCUT2D eigenvalue weighted by Crippen LogP contribution is 2.41. The monoisotopic (exact) mass is 751 g/mol. The Labute approximate surface area is 318 Å². The summed E-state index contributed by atoms with van der Waals surface area (Å²) in [4.78, 5) is 35.7. The number of halogens is 3. The molecule has 0 saturated carbocycles. The zero-order chi connectivity index (χ0) is 37.8. The second-order valence-corrected chi connectivity index (χ2v) is 15.7. The Morgan fingerprint density at radius 2 is 1.96 bits per heavy atom. The van der Waals surface area contributed by atoms with Crippen LogP contribution < -0.4 is 9.64 Å². The van der Waals surface area contributed by atoms with Gasteiger partial charge in [-0.2, -0.15) is 9.97 Å². The molecule has 0 N–H and O–H groups in total. The number of alkyl halides is 1. The predicted octanol–water partition coefficient (Wildman–Crippen LogP) is 5.52. The van der Waals surface area contributed by atoms with Crippen molar-refractivity contribution in [1.82, 2.24) is 29.7 Å². The molecule has 286 valence electrons. The van der Waals surface area contributed by atoms with Gasteiger partial charge in [-0.15, -0.1) is 6.42 Å². The summed E-state index contributed by atoms with van der Waals surface area (Å²) >= 11 is 0. The van der Waals surface area contributed by atoms with E-state index in [2.05, 4.69) is 25.7 Å². The van der Waals surface area contributed by atoms with E-state index in [0.29, 0.717) is 72.1 Å². The van der Waals surface area contributed by atoms with E-state index in [1.165, 1.54) is 12.3 Å². The van der Waals surface area contributed by atoms with E-state index in [-0.39, 0.29) is 41.3 Å². The van der Waals surface area contributed by atoms with Crippen LogP contribution >= 0.6 is 0 Å². The van der Waals surface area contributed by atoms with Crippen LogP contribution in [0, 0.1) is 24.0 Å². The Bertz CT molecular complexity index is 2210. The number of likely N-dealkylation sites (tertiary alicyclic amines) is 1. The van der Waals surface area contributed by atoms with E-state index < -0.39 is 23.3 Å². The highest BCUT2D eigenvalue weighted by Gasteiger charge is 2.49. The van der Waals surface area contributed by atoms with Crippen LogP contribution in [0.3, 0.4) is 0 Å². The van der Waals surface area contributed by atoms with Crippen molar-refractivity contribution in [3.63, 3.8) is 0 Å². The number of amides is 1. The van der Waals surface area contributed by atoms with Crippen molar-refractivity contribution in [3.8, 4) is 29.6 Å². The van der Waals surface area contributed by atoms with Crippen LogP contribution in [0.1, 0.15) is 44.1 Å². The summed E-state index contributed by atoms with van der Waals surface area (Å²) in [6, 6.07) is 8.77. The first kappa shape index (κ1) is 35.9. The first-order chi connectivity index (χ1) is 26.7. The average molecular weight is 752 g/mol. The van der Waals surface area contributed by atoms with Crippen LogP contribution in [-0.2, 0) is 9.53 Å². The molecule has 5 atom stereocenters. The van der Waals surface area contributed by atoms with Gasteiger partial charge in [0, 0.05) is 81.0 Å². The molecule has 5 aliphatic heterocycles. The zero-order valence-electron chi connectivity index (χ0n) is 30.9. The van der Waals surface area contributed by atoms with Gasteiger partial charge in [0.25, 0.3) is 0 Å². The number of terminal acetylenes is 1. The van der Waals surface area contributed by atoms with Gasteiger partial charge in [-0.3, -0.25) is 19.6 Å². The van der Waals surface area contributed by atoms with Crippen LogP contribution in [0.2, 0.25) is 0 Å². The summed E-state index contributed by atoms with van der Waals surface area (Å²) < 4.78 is 58.5. The molecule has 0 aliphatic carbocycles. The lowest BCUT2D eigenvalue weighted by atomic mass is 9.95. The SMILES string of the molecule is C#Cc1c(F)ccc2cccc(-c3ncc4c(N(C)[C@@H]5CCN(C(=O)/C=C/CN6[C@@H]7CC[C@H]6COC7)C5)nc(OC[C@@]56CCCN5C[C@H](F)C6)nc4c3F)c12. The summed E-state index contributed by atoms with van der Waals surface area (Å²) in [5.41, 5.74) is -0.169. The standard InChI is InChI=1S/C42H44F3N7O3/c1-3-31-34(44)13-10-26-7-4-8-32(36(26)31)38-37(45)39-33(20-46-38)40(48-41(47-39)55-25-42-15-6-16-51(42)21-27(43)19-42)49(2)28-14-18-50(22-28)35(53)9-5-17-52-29-11-12-30(52)24-54-23-29/h1,4-5,7-10,13,20,27-30H,6,11-12,14-19,21-25H2,2H3/b9-5+/t27-,28-,29-,30+,42+/m1/s1. The second kappa shape index (κ2) is 14.4. The molecule has 2 aromatic heterocycles. The van der Waals surface area contributed by atoms with Crippen LogP contribution in [-0.4, -0.2) is 125 Å². The summed E-state index contributed by atoms with van der Waals surface area (Å²) in [5, 5.41) is 1.38. The Morgan fingerprint density at radius 1 is 1.13 bits per heavy atom. The van der Waals surface area contributed by atoms with E-state index >= 15 is 4.39 Å². The summed E-state index contributed by atoms with van der Waals surface area (Å²) in [6.07, 6.45) is 15.0. The zero-order valence-corrected chi connectivity index (χ0v) is 30.9. The van der Waals surface area contributed by atoms with Crippen molar-refractivity contribution in [1.29, 1.82) is 0 Å². The lowest BCUT2D eigenvalue weighted by Gasteiger charge is -2.33. The first-order valence-electron chi connectivity index (χ1n) is 19.3. The number of anilines is 1. The lowest BCUT2D eigenvalue weighted by Crippen LogP contribution is -2.45. The van der Waals surface area contributed by atoms with Gasteiger partial charge in [0.1, 0.15) is 35.6 Å². The number of benzene rings is 2. The third-order valence-corrected chi connectivity index (χ3v) is 12.6. The number of likely N-dealkylation sites (N-methyl/N-ethyl adjacent to an activating group) is 1. The van der Waals surface area contributed by atoms with E-state index in [9.17, 15) is 13.6 Å². The molecule has 0 radical (unpaired) electrons. The van der Waals surface area contributed by atoms with Crippen LogP contribution in [0.15, 0.2) is 48.7 Å².